The zero-order chi connectivity index (χ0) is 27.5. The summed E-state index contributed by atoms with van der Waals surface area (Å²) in [5.74, 6) is -4.55. The van der Waals surface area contributed by atoms with Crippen LogP contribution in [0.1, 0.15) is 43.1 Å². The fourth-order valence-corrected chi connectivity index (χ4v) is 6.36. The Labute approximate surface area is 220 Å². The molecule has 0 saturated carbocycles. The first-order chi connectivity index (χ1) is 18.0. The fourth-order valence-electron chi connectivity index (χ4n) is 6.36. The number of benzene rings is 2. The number of aryl methyl sites for hydroxylation is 1. The predicted molar refractivity (Wildman–Crippen MR) is 142 cm³/mol. The number of carbonyl (C=O) groups excluding carboxylic acids is 2. The van der Waals surface area contributed by atoms with E-state index in [1.54, 1.807) is 55.9 Å². The van der Waals surface area contributed by atoms with E-state index in [0.29, 0.717) is 22.6 Å². The van der Waals surface area contributed by atoms with E-state index in [0.717, 1.165) is 10.5 Å². The molecular weight excluding hydrogens is 484 g/mol. The number of hydrogen-bond donors (Lipinski definition) is 2. The predicted octanol–water partition coefficient (Wildman–Crippen LogP) is 3.11. The van der Waals surface area contributed by atoms with Gasteiger partial charge in [-0.05, 0) is 49.9 Å². The minimum absolute atomic E-state index is 0.0914. The van der Waals surface area contributed by atoms with Gasteiger partial charge in [0, 0.05) is 12.7 Å². The summed E-state index contributed by atoms with van der Waals surface area (Å²) in [6.07, 6.45) is 0.124. The number of aromatic nitrogens is 2. The summed E-state index contributed by atoms with van der Waals surface area (Å²) in [4.78, 5) is 56.1. The third-order valence-corrected chi connectivity index (χ3v) is 8.03. The highest BCUT2D eigenvalue weighted by Gasteiger charge is 2.69. The Morgan fingerprint density at radius 2 is 1.63 bits per heavy atom. The van der Waals surface area contributed by atoms with E-state index in [-0.39, 0.29) is 17.9 Å². The van der Waals surface area contributed by atoms with Crippen molar-refractivity contribution in [1.29, 1.82) is 0 Å². The topological polar surface area (TPSA) is 114 Å². The van der Waals surface area contributed by atoms with Crippen molar-refractivity contribution in [1.82, 2.24) is 14.7 Å². The lowest BCUT2D eigenvalue weighted by atomic mass is 9.75. The van der Waals surface area contributed by atoms with Gasteiger partial charge >= 0.3 is 5.97 Å². The first kappa shape index (κ1) is 25.7. The summed E-state index contributed by atoms with van der Waals surface area (Å²) in [6.45, 7) is 7.34. The van der Waals surface area contributed by atoms with Crippen LogP contribution in [-0.4, -0.2) is 37.8 Å². The maximum Gasteiger partial charge on any atom is 0.324 e. The third-order valence-electron chi connectivity index (χ3n) is 8.03. The molecule has 2 fully saturated rings. The van der Waals surface area contributed by atoms with Crippen molar-refractivity contribution in [2.24, 2.45) is 24.8 Å². The number of aliphatic carboxylic acids is 1. The summed E-state index contributed by atoms with van der Waals surface area (Å²) >= 11 is 0. The Hall–Kier alpha value is -3.98. The second-order valence-corrected chi connectivity index (χ2v) is 10.8. The van der Waals surface area contributed by atoms with E-state index in [4.69, 9.17) is 0 Å². The number of hydrogen-bond acceptors (Lipinski definition) is 5. The van der Waals surface area contributed by atoms with Crippen LogP contribution in [0.3, 0.4) is 0 Å². The number of carboxylic acid groups (broad SMARTS) is 1. The largest absolute Gasteiger partial charge is 0.480 e. The van der Waals surface area contributed by atoms with Crippen LogP contribution in [0.5, 0.6) is 0 Å². The van der Waals surface area contributed by atoms with Gasteiger partial charge in [0.15, 0.2) is 0 Å². The Morgan fingerprint density at radius 3 is 2.24 bits per heavy atom. The number of amides is 2. The van der Waals surface area contributed by atoms with Crippen LogP contribution in [0.4, 0.5) is 5.69 Å². The molecule has 38 heavy (non-hydrogen) atoms. The molecular formula is C29H32N4O5. The first-order valence-electron chi connectivity index (χ1n) is 12.8. The van der Waals surface area contributed by atoms with Gasteiger partial charge in [-0.15, -0.1) is 0 Å². The zero-order valence-corrected chi connectivity index (χ0v) is 22.1. The third kappa shape index (κ3) is 3.56. The SMILES string of the molecule is Cc1ccccc1N1C(=O)C2C(c3c(C)n(C)n(-c4ccccc4)c3=O)NC(CC(C)C)(C(=O)O)C2C1=O. The average Bonchev–Trinajstić information content (AvgIpc) is 3.41. The highest BCUT2D eigenvalue weighted by molar-refractivity contribution is 6.24. The Morgan fingerprint density at radius 1 is 1.00 bits per heavy atom. The van der Waals surface area contributed by atoms with Crippen molar-refractivity contribution in [3.8, 4) is 5.69 Å². The first-order valence-corrected chi connectivity index (χ1v) is 12.8. The number of anilines is 1. The summed E-state index contributed by atoms with van der Waals surface area (Å²) in [5, 5.41) is 13.8. The van der Waals surface area contributed by atoms with Crippen LogP contribution < -0.4 is 15.8 Å². The van der Waals surface area contributed by atoms with Crippen LogP contribution in [0.25, 0.3) is 5.69 Å². The molecule has 2 saturated heterocycles. The molecule has 4 unspecified atom stereocenters. The molecule has 0 bridgehead atoms. The molecule has 2 aromatic carbocycles. The Bertz CT molecular complexity index is 1500. The van der Waals surface area contributed by atoms with Crippen molar-refractivity contribution < 1.29 is 19.5 Å². The normalized spacial score (nSPS) is 24.9. The summed E-state index contributed by atoms with van der Waals surface area (Å²) in [5.41, 5.74) is 0.636. The molecule has 2 amide bonds. The molecule has 198 valence electrons. The van der Waals surface area contributed by atoms with Crippen molar-refractivity contribution in [2.75, 3.05) is 4.90 Å². The van der Waals surface area contributed by atoms with Crippen molar-refractivity contribution in [3.63, 3.8) is 0 Å². The quantitative estimate of drug-likeness (QED) is 0.487. The number of imide groups is 1. The number of rotatable bonds is 6. The molecule has 9 heteroatoms. The minimum Gasteiger partial charge on any atom is -0.480 e. The molecule has 3 heterocycles. The highest BCUT2D eigenvalue weighted by Crippen LogP contribution is 2.52. The van der Waals surface area contributed by atoms with Gasteiger partial charge in [-0.1, -0.05) is 50.2 Å². The number of nitrogens with zero attached hydrogens (tertiary/aromatic N) is 3. The second-order valence-electron chi connectivity index (χ2n) is 10.8. The molecule has 2 N–H and O–H groups in total. The van der Waals surface area contributed by atoms with E-state index < -0.39 is 41.2 Å². The molecule has 2 aliphatic heterocycles. The zero-order valence-electron chi connectivity index (χ0n) is 22.1. The van der Waals surface area contributed by atoms with Crippen molar-refractivity contribution in [2.45, 2.75) is 45.7 Å². The molecule has 0 aliphatic carbocycles. The van der Waals surface area contributed by atoms with Gasteiger partial charge in [-0.25, -0.2) is 9.58 Å². The molecule has 2 aliphatic rings. The van der Waals surface area contributed by atoms with E-state index in [1.165, 1.54) is 4.68 Å². The van der Waals surface area contributed by atoms with Gasteiger partial charge in [-0.2, -0.15) is 0 Å². The van der Waals surface area contributed by atoms with Gasteiger partial charge in [0.2, 0.25) is 11.8 Å². The van der Waals surface area contributed by atoms with Crippen LogP contribution in [0, 0.1) is 31.6 Å². The summed E-state index contributed by atoms with van der Waals surface area (Å²) in [6, 6.07) is 15.2. The van der Waals surface area contributed by atoms with Gasteiger partial charge in [-0.3, -0.25) is 29.2 Å². The Balaban J connectivity index is 1.73. The average molecular weight is 517 g/mol. The maximum atomic E-state index is 14.1. The minimum atomic E-state index is -1.71. The van der Waals surface area contributed by atoms with Gasteiger partial charge in [0.05, 0.1) is 34.8 Å². The van der Waals surface area contributed by atoms with E-state index >= 15 is 0 Å². The maximum absolute atomic E-state index is 14.1. The lowest BCUT2D eigenvalue weighted by Gasteiger charge is -2.32. The smallest absolute Gasteiger partial charge is 0.324 e. The van der Waals surface area contributed by atoms with E-state index in [9.17, 15) is 24.3 Å². The lowest BCUT2D eigenvalue weighted by molar-refractivity contribution is -0.149. The number of nitrogens with one attached hydrogen (secondary N) is 1. The van der Waals surface area contributed by atoms with Crippen molar-refractivity contribution >= 4 is 23.5 Å². The van der Waals surface area contributed by atoms with Gasteiger partial charge in [0.25, 0.3) is 5.56 Å². The summed E-state index contributed by atoms with van der Waals surface area (Å²) in [7, 11) is 1.75. The summed E-state index contributed by atoms with van der Waals surface area (Å²) < 4.78 is 3.21. The number of para-hydroxylation sites is 2. The van der Waals surface area contributed by atoms with Crippen molar-refractivity contribution in [3.05, 3.63) is 81.8 Å². The fraction of sp³-hybridized carbons (Fsp3) is 0.379. The van der Waals surface area contributed by atoms with Gasteiger partial charge < -0.3 is 5.11 Å². The molecule has 5 rings (SSSR count). The van der Waals surface area contributed by atoms with Gasteiger partial charge in [0.1, 0.15) is 5.54 Å². The second kappa shape index (κ2) is 9.09. The highest BCUT2D eigenvalue weighted by atomic mass is 16.4. The monoisotopic (exact) mass is 516 g/mol. The molecule has 1 aromatic heterocycles. The van der Waals surface area contributed by atoms with Crippen LogP contribution in [0.2, 0.25) is 0 Å². The number of carbonyl (C=O) groups is 3. The molecule has 0 spiro atoms. The van der Waals surface area contributed by atoms with Crippen LogP contribution in [0.15, 0.2) is 59.4 Å². The molecule has 0 radical (unpaired) electrons. The number of fused-ring (bicyclic) bond motifs is 1. The Kier molecular flexibility index (Phi) is 6.14. The molecule has 3 aromatic rings. The molecule has 9 nitrogen and oxygen atoms in total. The van der Waals surface area contributed by atoms with Crippen LogP contribution in [-0.2, 0) is 21.4 Å². The standard InChI is InChI=1S/C29H32N4O5/c1-16(2)15-29(28(37)38)23-22(25(34)32(27(23)36)20-14-10-9-11-17(20)3)24(30-29)21-18(4)31(5)33(26(21)35)19-12-7-6-8-13-19/h6-14,16,22-24,30H,15H2,1-5H3,(H,37,38). The molecule has 4 atom stereocenters. The van der Waals surface area contributed by atoms with Crippen LogP contribution >= 0.6 is 0 Å². The lowest BCUT2D eigenvalue weighted by Crippen LogP contribution is -2.56. The van der Waals surface area contributed by atoms with E-state index in [1.807, 2.05) is 38.1 Å². The number of carboxylic acids is 1. The van der Waals surface area contributed by atoms with E-state index in [2.05, 4.69) is 5.32 Å².